The number of nitrogens with two attached hydrogens (primary N) is 2. The lowest BCUT2D eigenvalue weighted by Crippen LogP contribution is -2.41. The van der Waals surface area contributed by atoms with Crippen molar-refractivity contribution in [2.24, 2.45) is 16.5 Å². The van der Waals surface area contributed by atoms with Gasteiger partial charge >= 0.3 is 0 Å². The lowest BCUT2D eigenvalue weighted by Gasteiger charge is -2.20. The van der Waals surface area contributed by atoms with Crippen molar-refractivity contribution in [3.63, 3.8) is 0 Å². The largest absolute Gasteiger partial charge is 0.370 e. The Kier molecular flexibility index (Phi) is 12.0. The molecule has 1 aliphatic heterocycles. The molecule has 0 aromatic rings. The maximum absolute atomic E-state index is 5.33. The van der Waals surface area contributed by atoms with Gasteiger partial charge in [0, 0.05) is 32.2 Å². The van der Waals surface area contributed by atoms with E-state index in [2.05, 4.69) is 26.3 Å². The molecule has 22 heavy (non-hydrogen) atoms. The Morgan fingerprint density at radius 3 is 2.27 bits per heavy atom. The molecule has 7 heteroatoms. The molecule has 0 radical (unpaired) electrons. The van der Waals surface area contributed by atoms with Crippen molar-refractivity contribution >= 4 is 5.96 Å². The van der Waals surface area contributed by atoms with E-state index in [1.165, 1.54) is 19.3 Å². The van der Waals surface area contributed by atoms with Crippen molar-refractivity contribution in [1.29, 1.82) is 0 Å². The Balaban J connectivity index is 2.19. The van der Waals surface area contributed by atoms with Crippen LogP contribution < -0.4 is 32.7 Å². The van der Waals surface area contributed by atoms with E-state index >= 15 is 0 Å². The quantitative estimate of drug-likeness (QED) is 0.219. The zero-order valence-electron chi connectivity index (χ0n) is 13.9. The van der Waals surface area contributed by atoms with Gasteiger partial charge in [0.05, 0.1) is 0 Å². The molecule has 0 aliphatic carbocycles. The van der Waals surface area contributed by atoms with Gasteiger partial charge in [0.2, 0.25) is 0 Å². The third kappa shape index (κ3) is 11.7. The molecule has 130 valence electrons. The van der Waals surface area contributed by atoms with Gasteiger partial charge in [0.25, 0.3) is 0 Å². The molecule has 1 atom stereocenters. The van der Waals surface area contributed by atoms with Gasteiger partial charge in [0.1, 0.15) is 0 Å². The van der Waals surface area contributed by atoms with Crippen molar-refractivity contribution in [2.75, 3.05) is 52.4 Å². The monoisotopic (exact) mass is 313 g/mol. The Labute approximate surface area is 135 Å². The fraction of sp³-hybridized carbons (Fsp3) is 0.933. The summed E-state index contributed by atoms with van der Waals surface area (Å²) in [7, 11) is 0. The van der Waals surface area contributed by atoms with Gasteiger partial charge in [-0.15, -0.1) is 0 Å². The van der Waals surface area contributed by atoms with Crippen LogP contribution in [0, 0.1) is 0 Å². The number of unbranched alkanes of at least 4 members (excludes halogenated alkanes) is 1. The summed E-state index contributed by atoms with van der Waals surface area (Å²) in [5, 5.41) is 14.2. The second kappa shape index (κ2) is 13.8. The number of nitrogens with one attached hydrogen (secondary N) is 4. The van der Waals surface area contributed by atoms with Crippen molar-refractivity contribution in [3.8, 4) is 0 Å². The molecule has 7 nitrogen and oxygen atoms in total. The molecule has 1 rings (SSSR count). The van der Waals surface area contributed by atoms with Crippen LogP contribution in [-0.2, 0) is 0 Å². The molecular weight excluding hydrogens is 278 g/mol. The van der Waals surface area contributed by atoms with E-state index in [1.807, 2.05) is 0 Å². The van der Waals surface area contributed by atoms with Crippen LogP contribution in [0.3, 0.4) is 0 Å². The minimum atomic E-state index is 0.193. The SMILES string of the molecule is NC(N)=NCCCCC1CNCCCNCCNCCCN1. The van der Waals surface area contributed by atoms with E-state index in [0.29, 0.717) is 6.04 Å². The highest BCUT2D eigenvalue weighted by Gasteiger charge is 2.07. The van der Waals surface area contributed by atoms with Crippen LogP contribution in [0.1, 0.15) is 32.1 Å². The zero-order chi connectivity index (χ0) is 15.9. The molecule has 1 heterocycles. The summed E-state index contributed by atoms with van der Waals surface area (Å²) in [5.74, 6) is 0.193. The number of guanidine groups is 1. The molecule has 1 fully saturated rings. The summed E-state index contributed by atoms with van der Waals surface area (Å²) in [6.45, 7) is 8.21. The molecular formula is C15H35N7. The summed E-state index contributed by atoms with van der Waals surface area (Å²) in [5.41, 5.74) is 10.7. The predicted octanol–water partition coefficient (Wildman–Crippen LogP) is -1.05. The summed E-state index contributed by atoms with van der Waals surface area (Å²) in [6.07, 6.45) is 5.71. The standard InChI is InChI=1S/C15H35N7/c16-15(17)22-9-2-1-5-14-13-20-8-3-6-18-11-12-19-7-4-10-21-14/h14,18-21H,1-13H2,(H4,16,17,22). The molecule has 1 aliphatic rings. The second-order valence-electron chi connectivity index (χ2n) is 5.86. The van der Waals surface area contributed by atoms with Gasteiger partial charge in [-0.05, 0) is 51.9 Å². The first-order valence-corrected chi connectivity index (χ1v) is 8.70. The first kappa shape index (κ1) is 19.2. The minimum Gasteiger partial charge on any atom is -0.370 e. The van der Waals surface area contributed by atoms with Gasteiger partial charge in [0.15, 0.2) is 5.96 Å². The Morgan fingerprint density at radius 2 is 1.55 bits per heavy atom. The van der Waals surface area contributed by atoms with E-state index < -0.39 is 0 Å². The third-order valence-electron chi connectivity index (χ3n) is 3.79. The highest BCUT2D eigenvalue weighted by molar-refractivity contribution is 5.75. The molecule has 0 spiro atoms. The normalized spacial score (nSPS) is 22.6. The number of hydrogen-bond acceptors (Lipinski definition) is 5. The van der Waals surface area contributed by atoms with Crippen LogP contribution >= 0.6 is 0 Å². The van der Waals surface area contributed by atoms with E-state index in [-0.39, 0.29) is 5.96 Å². The van der Waals surface area contributed by atoms with E-state index in [4.69, 9.17) is 11.5 Å². The first-order chi connectivity index (χ1) is 10.8. The average Bonchev–Trinajstić information content (AvgIpc) is 2.50. The van der Waals surface area contributed by atoms with Crippen LogP contribution in [0.4, 0.5) is 0 Å². The average molecular weight is 313 g/mol. The van der Waals surface area contributed by atoms with Crippen LogP contribution in [0.2, 0.25) is 0 Å². The predicted molar refractivity (Wildman–Crippen MR) is 94.2 cm³/mol. The van der Waals surface area contributed by atoms with Gasteiger partial charge in [-0.25, -0.2) is 0 Å². The maximum Gasteiger partial charge on any atom is 0.185 e. The highest BCUT2D eigenvalue weighted by Crippen LogP contribution is 2.01. The summed E-state index contributed by atoms with van der Waals surface area (Å²) < 4.78 is 0. The molecule has 1 saturated heterocycles. The fourth-order valence-corrected chi connectivity index (χ4v) is 2.55. The van der Waals surface area contributed by atoms with Gasteiger partial charge in [-0.3, -0.25) is 4.99 Å². The number of aliphatic imine (C=N–C) groups is 1. The lowest BCUT2D eigenvalue weighted by molar-refractivity contribution is 0.422. The molecule has 0 aromatic carbocycles. The lowest BCUT2D eigenvalue weighted by atomic mass is 10.1. The topological polar surface area (TPSA) is 113 Å². The van der Waals surface area contributed by atoms with E-state index in [9.17, 15) is 0 Å². The number of nitrogens with zero attached hydrogens (tertiary/aromatic N) is 1. The Bertz CT molecular complexity index is 265. The fourth-order valence-electron chi connectivity index (χ4n) is 2.55. The van der Waals surface area contributed by atoms with Crippen LogP contribution in [0.25, 0.3) is 0 Å². The van der Waals surface area contributed by atoms with Crippen molar-refractivity contribution < 1.29 is 0 Å². The molecule has 0 saturated carbocycles. The molecule has 8 N–H and O–H groups in total. The van der Waals surface area contributed by atoms with Gasteiger partial charge in [-0.1, -0.05) is 6.42 Å². The summed E-state index contributed by atoms with van der Waals surface area (Å²) in [6, 6.07) is 0.537. The number of hydrogen-bond donors (Lipinski definition) is 6. The van der Waals surface area contributed by atoms with Crippen LogP contribution in [0.5, 0.6) is 0 Å². The van der Waals surface area contributed by atoms with E-state index in [0.717, 1.165) is 65.2 Å². The number of rotatable bonds is 5. The molecule has 0 aromatic heterocycles. The molecule has 0 amide bonds. The van der Waals surface area contributed by atoms with Crippen molar-refractivity contribution in [3.05, 3.63) is 0 Å². The third-order valence-corrected chi connectivity index (χ3v) is 3.79. The highest BCUT2D eigenvalue weighted by atomic mass is 15.0. The van der Waals surface area contributed by atoms with E-state index in [1.54, 1.807) is 0 Å². The maximum atomic E-state index is 5.33. The second-order valence-corrected chi connectivity index (χ2v) is 5.86. The van der Waals surface area contributed by atoms with Gasteiger partial charge < -0.3 is 32.7 Å². The molecule has 1 unspecified atom stereocenters. The van der Waals surface area contributed by atoms with Gasteiger partial charge in [-0.2, -0.15) is 0 Å². The van der Waals surface area contributed by atoms with Crippen molar-refractivity contribution in [1.82, 2.24) is 21.3 Å². The first-order valence-electron chi connectivity index (χ1n) is 8.70. The zero-order valence-corrected chi connectivity index (χ0v) is 13.9. The smallest absolute Gasteiger partial charge is 0.185 e. The minimum absolute atomic E-state index is 0.193. The molecule has 0 bridgehead atoms. The summed E-state index contributed by atoms with van der Waals surface area (Å²) in [4.78, 5) is 4.03. The Morgan fingerprint density at radius 1 is 0.864 bits per heavy atom. The Hall–Kier alpha value is -0.890. The van der Waals surface area contributed by atoms with Crippen LogP contribution in [-0.4, -0.2) is 64.4 Å². The summed E-state index contributed by atoms with van der Waals surface area (Å²) >= 11 is 0. The van der Waals surface area contributed by atoms with Crippen molar-refractivity contribution in [2.45, 2.75) is 38.1 Å². The van der Waals surface area contributed by atoms with Crippen LogP contribution in [0.15, 0.2) is 4.99 Å².